The van der Waals surface area contributed by atoms with Gasteiger partial charge in [0.05, 0.1) is 0 Å². The zero-order valence-electron chi connectivity index (χ0n) is 19.3. The number of likely N-dealkylation sites (N-methyl/N-ethyl adjacent to an activating group) is 1. The van der Waals surface area contributed by atoms with E-state index >= 15 is 0 Å². The molecule has 0 bridgehead atoms. The van der Waals surface area contributed by atoms with Crippen LogP contribution in [0.3, 0.4) is 0 Å². The smallest absolute Gasteiger partial charge is 0.257 e. The standard InChI is InChI=1S/C22H39N5O2.HI/c1-7-24-21(28)16-29-20-11-8-10-19(14-20)15-26-22(23-6)25-12-9-13-27(17(2)3)18(4)5;/h8,10-11,14,17-18H,7,9,12-13,15-16H2,1-6H3,(H,24,28)(H2,23,25,26);1H. The molecule has 172 valence electrons. The lowest BCUT2D eigenvalue weighted by Crippen LogP contribution is -2.41. The summed E-state index contributed by atoms with van der Waals surface area (Å²) in [6.07, 6.45) is 1.06. The highest BCUT2D eigenvalue weighted by Crippen LogP contribution is 2.13. The molecule has 7 nitrogen and oxygen atoms in total. The number of amides is 1. The maximum Gasteiger partial charge on any atom is 0.257 e. The lowest BCUT2D eigenvalue weighted by molar-refractivity contribution is -0.122. The molecule has 0 aliphatic rings. The van der Waals surface area contributed by atoms with E-state index < -0.39 is 0 Å². The van der Waals surface area contributed by atoms with E-state index in [0.717, 1.165) is 31.0 Å². The van der Waals surface area contributed by atoms with Gasteiger partial charge in [0.25, 0.3) is 5.91 Å². The first kappa shape index (κ1) is 28.5. The highest BCUT2D eigenvalue weighted by atomic mass is 127. The topological polar surface area (TPSA) is 78.0 Å². The molecule has 3 N–H and O–H groups in total. The minimum absolute atomic E-state index is 0. The maximum atomic E-state index is 11.5. The number of carbonyl (C=O) groups is 1. The third kappa shape index (κ3) is 11.6. The Balaban J connectivity index is 0.00000841. The van der Waals surface area contributed by atoms with Crippen molar-refractivity contribution in [3.05, 3.63) is 29.8 Å². The van der Waals surface area contributed by atoms with Crippen molar-refractivity contribution in [2.75, 3.05) is 33.3 Å². The van der Waals surface area contributed by atoms with Crippen molar-refractivity contribution < 1.29 is 9.53 Å². The number of benzene rings is 1. The van der Waals surface area contributed by atoms with E-state index in [1.807, 2.05) is 31.2 Å². The first-order valence-electron chi connectivity index (χ1n) is 10.6. The molecule has 0 aliphatic carbocycles. The van der Waals surface area contributed by atoms with Gasteiger partial charge in [0, 0.05) is 45.3 Å². The number of carbonyl (C=O) groups excluding carboxylic acids is 1. The Bertz CT molecular complexity index is 630. The lowest BCUT2D eigenvalue weighted by Gasteiger charge is -2.30. The average Bonchev–Trinajstić information content (AvgIpc) is 2.68. The molecule has 1 rings (SSSR count). The molecule has 0 atom stereocenters. The molecule has 0 aromatic heterocycles. The lowest BCUT2D eigenvalue weighted by atomic mass is 10.2. The van der Waals surface area contributed by atoms with E-state index in [1.165, 1.54) is 0 Å². The zero-order valence-corrected chi connectivity index (χ0v) is 21.7. The first-order valence-corrected chi connectivity index (χ1v) is 10.6. The van der Waals surface area contributed by atoms with Crippen LogP contribution in [-0.2, 0) is 11.3 Å². The van der Waals surface area contributed by atoms with Crippen molar-refractivity contribution in [1.29, 1.82) is 0 Å². The Morgan fingerprint density at radius 3 is 2.43 bits per heavy atom. The van der Waals surface area contributed by atoms with Crippen molar-refractivity contribution in [2.24, 2.45) is 4.99 Å². The van der Waals surface area contributed by atoms with Crippen molar-refractivity contribution in [1.82, 2.24) is 20.9 Å². The predicted molar refractivity (Wildman–Crippen MR) is 136 cm³/mol. The van der Waals surface area contributed by atoms with Gasteiger partial charge in [-0.3, -0.25) is 14.7 Å². The Morgan fingerprint density at radius 2 is 1.83 bits per heavy atom. The average molecular weight is 533 g/mol. The van der Waals surface area contributed by atoms with Gasteiger partial charge in [-0.15, -0.1) is 24.0 Å². The van der Waals surface area contributed by atoms with E-state index in [-0.39, 0.29) is 36.5 Å². The summed E-state index contributed by atoms with van der Waals surface area (Å²) in [6, 6.07) is 8.83. The Labute approximate surface area is 199 Å². The Kier molecular flexibility index (Phi) is 15.3. The van der Waals surface area contributed by atoms with E-state index in [1.54, 1.807) is 7.05 Å². The molecule has 1 amide bonds. The normalized spacial score (nSPS) is 11.4. The fourth-order valence-electron chi connectivity index (χ4n) is 3.13. The van der Waals surface area contributed by atoms with Crippen LogP contribution in [0.25, 0.3) is 0 Å². The molecule has 0 saturated carbocycles. The fraction of sp³-hybridized carbons (Fsp3) is 0.636. The molecule has 0 unspecified atom stereocenters. The van der Waals surface area contributed by atoms with E-state index in [9.17, 15) is 4.79 Å². The summed E-state index contributed by atoms with van der Waals surface area (Å²) in [5.74, 6) is 1.34. The summed E-state index contributed by atoms with van der Waals surface area (Å²) < 4.78 is 5.54. The number of nitrogens with zero attached hydrogens (tertiary/aromatic N) is 2. The minimum atomic E-state index is -0.117. The second-order valence-corrected chi connectivity index (χ2v) is 7.52. The first-order chi connectivity index (χ1) is 13.9. The molecule has 30 heavy (non-hydrogen) atoms. The molecule has 1 aromatic rings. The van der Waals surface area contributed by atoms with Crippen LogP contribution in [0.15, 0.2) is 29.3 Å². The van der Waals surface area contributed by atoms with Gasteiger partial charge in [-0.05, 0) is 58.7 Å². The molecule has 0 fully saturated rings. The van der Waals surface area contributed by atoms with Crippen molar-refractivity contribution in [3.8, 4) is 5.75 Å². The summed E-state index contributed by atoms with van der Waals surface area (Å²) in [7, 11) is 1.77. The second-order valence-electron chi connectivity index (χ2n) is 7.52. The van der Waals surface area contributed by atoms with E-state index in [2.05, 4.69) is 53.5 Å². The second kappa shape index (κ2) is 16.2. The van der Waals surface area contributed by atoms with Crippen molar-refractivity contribution in [2.45, 2.75) is 59.7 Å². The number of guanidine groups is 1. The van der Waals surface area contributed by atoms with Gasteiger partial charge in [0.2, 0.25) is 0 Å². The van der Waals surface area contributed by atoms with Crippen molar-refractivity contribution >= 4 is 35.8 Å². The monoisotopic (exact) mass is 533 g/mol. The highest BCUT2D eigenvalue weighted by Gasteiger charge is 2.12. The minimum Gasteiger partial charge on any atom is -0.484 e. The molecule has 0 spiro atoms. The van der Waals surface area contributed by atoms with Crippen LogP contribution in [0.2, 0.25) is 0 Å². The fourth-order valence-corrected chi connectivity index (χ4v) is 3.13. The van der Waals surface area contributed by atoms with Crippen LogP contribution in [-0.4, -0.2) is 62.1 Å². The largest absolute Gasteiger partial charge is 0.484 e. The number of ether oxygens (including phenoxy) is 1. The number of aliphatic imine (C=N–C) groups is 1. The molecule has 0 heterocycles. The van der Waals surface area contributed by atoms with Crippen LogP contribution >= 0.6 is 24.0 Å². The summed E-state index contributed by atoms with van der Waals surface area (Å²) in [5, 5.41) is 9.41. The Hall–Kier alpha value is -1.55. The third-order valence-corrected chi connectivity index (χ3v) is 4.54. The molecule has 0 aliphatic heterocycles. The summed E-state index contributed by atoms with van der Waals surface area (Å²) in [4.78, 5) is 18.3. The van der Waals surface area contributed by atoms with Gasteiger partial charge in [0.15, 0.2) is 12.6 Å². The number of hydrogen-bond acceptors (Lipinski definition) is 4. The van der Waals surface area contributed by atoms with Crippen molar-refractivity contribution in [3.63, 3.8) is 0 Å². The van der Waals surface area contributed by atoms with E-state index in [4.69, 9.17) is 4.74 Å². The van der Waals surface area contributed by atoms with Gasteiger partial charge < -0.3 is 20.7 Å². The van der Waals surface area contributed by atoms with Gasteiger partial charge in [-0.25, -0.2) is 0 Å². The van der Waals surface area contributed by atoms with Crippen LogP contribution in [0, 0.1) is 0 Å². The number of rotatable bonds is 12. The van der Waals surface area contributed by atoms with Crippen LogP contribution in [0.5, 0.6) is 5.75 Å². The maximum absolute atomic E-state index is 11.5. The van der Waals surface area contributed by atoms with Crippen LogP contribution in [0.4, 0.5) is 0 Å². The molecular weight excluding hydrogens is 493 g/mol. The predicted octanol–water partition coefficient (Wildman–Crippen LogP) is 2.99. The number of nitrogens with one attached hydrogen (secondary N) is 3. The molecule has 0 radical (unpaired) electrons. The SMILES string of the molecule is CCNC(=O)COc1cccc(CNC(=NC)NCCCN(C(C)C)C(C)C)c1.I. The summed E-state index contributed by atoms with van der Waals surface area (Å²) in [6.45, 7) is 14.0. The van der Waals surface area contributed by atoms with Crippen LogP contribution < -0.4 is 20.7 Å². The summed E-state index contributed by atoms with van der Waals surface area (Å²) in [5.41, 5.74) is 1.06. The zero-order chi connectivity index (χ0) is 21.6. The van der Waals surface area contributed by atoms with Crippen LogP contribution in [0.1, 0.15) is 46.6 Å². The highest BCUT2D eigenvalue weighted by molar-refractivity contribution is 14.0. The molecule has 0 saturated heterocycles. The van der Waals surface area contributed by atoms with Gasteiger partial charge in [-0.2, -0.15) is 0 Å². The number of halogens is 1. The van der Waals surface area contributed by atoms with E-state index in [0.29, 0.717) is 30.9 Å². The van der Waals surface area contributed by atoms with Gasteiger partial charge in [0.1, 0.15) is 5.75 Å². The molecule has 8 heteroatoms. The Morgan fingerprint density at radius 1 is 1.13 bits per heavy atom. The third-order valence-electron chi connectivity index (χ3n) is 4.54. The van der Waals surface area contributed by atoms with Gasteiger partial charge >= 0.3 is 0 Å². The molecular formula is C22H40IN5O2. The van der Waals surface area contributed by atoms with Gasteiger partial charge in [-0.1, -0.05) is 12.1 Å². The number of hydrogen-bond donors (Lipinski definition) is 3. The molecule has 1 aromatic carbocycles. The summed E-state index contributed by atoms with van der Waals surface area (Å²) >= 11 is 0. The quantitative estimate of drug-likeness (QED) is 0.167.